The first kappa shape index (κ1) is 14.9. The summed E-state index contributed by atoms with van der Waals surface area (Å²) in [5.74, 6) is 0.0853. The van der Waals surface area contributed by atoms with E-state index in [1.807, 2.05) is 24.3 Å². The van der Waals surface area contributed by atoms with Gasteiger partial charge in [0.15, 0.2) is 0 Å². The maximum atomic E-state index is 12.1. The van der Waals surface area contributed by atoms with Gasteiger partial charge in [-0.3, -0.25) is 4.79 Å². The van der Waals surface area contributed by atoms with Crippen LogP contribution in [-0.2, 0) is 11.2 Å². The smallest absolute Gasteiger partial charge is 0.222 e. The average Bonchev–Trinajstić information content (AvgIpc) is 2.84. The number of carbonyl (C=O) groups excluding carboxylic acids is 1. The van der Waals surface area contributed by atoms with Crippen LogP contribution in [0.5, 0.6) is 0 Å². The molecule has 0 atom stereocenters. The van der Waals surface area contributed by atoms with Crippen LogP contribution in [0.25, 0.3) is 0 Å². The summed E-state index contributed by atoms with van der Waals surface area (Å²) in [5, 5.41) is 10.3. The summed E-state index contributed by atoms with van der Waals surface area (Å²) in [6.07, 6.45) is 4.91. The normalized spacial score (nSPS) is 17.1. The first-order valence-electron chi connectivity index (χ1n) is 7.29. The van der Waals surface area contributed by atoms with Crippen molar-refractivity contribution in [1.29, 1.82) is 0 Å². The molecule has 0 saturated heterocycles. The van der Waals surface area contributed by atoms with Crippen LogP contribution in [-0.4, -0.2) is 35.1 Å². The second-order valence-electron chi connectivity index (χ2n) is 5.92. The van der Waals surface area contributed by atoms with E-state index in [0.717, 1.165) is 36.9 Å². The van der Waals surface area contributed by atoms with Gasteiger partial charge in [-0.25, -0.2) is 0 Å². The van der Waals surface area contributed by atoms with Crippen LogP contribution in [0.4, 0.5) is 5.69 Å². The number of hydrogen-bond acceptors (Lipinski definition) is 3. The molecule has 4 heteroatoms. The molecule has 3 N–H and O–H groups in total. The number of hydrogen-bond donors (Lipinski definition) is 2. The number of nitrogens with two attached hydrogens (primary N) is 1. The van der Waals surface area contributed by atoms with Gasteiger partial charge in [0.1, 0.15) is 0 Å². The fourth-order valence-electron chi connectivity index (χ4n) is 2.85. The molecule has 1 aliphatic rings. The van der Waals surface area contributed by atoms with Gasteiger partial charge in [-0.15, -0.1) is 0 Å². The molecule has 4 nitrogen and oxygen atoms in total. The first-order valence-corrected chi connectivity index (χ1v) is 7.29. The largest absolute Gasteiger partial charge is 0.399 e. The van der Waals surface area contributed by atoms with Crippen molar-refractivity contribution in [3.05, 3.63) is 29.8 Å². The Bertz CT molecular complexity index is 450. The molecule has 110 valence electrons. The third-order valence-electron chi connectivity index (χ3n) is 4.10. The van der Waals surface area contributed by atoms with Gasteiger partial charge in [0.25, 0.3) is 0 Å². The first-order chi connectivity index (χ1) is 9.48. The zero-order chi connectivity index (χ0) is 14.6. The Morgan fingerprint density at radius 1 is 1.30 bits per heavy atom. The number of carbonyl (C=O) groups is 1. The van der Waals surface area contributed by atoms with Gasteiger partial charge in [-0.2, -0.15) is 0 Å². The molecule has 0 aliphatic heterocycles. The van der Waals surface area contributed by atoms with Crippen molar-refractivity contribution >= 4 is 11.6 Å². The SMILES string of the molecule is CN(CC1(O)CCCC1)C(=O)CCc1ccc(N)cc1. The Hall–Kier alpha value is -1.55. The van der Waals surface area contributed by atoms with E-state index in [4.69, 9.17) is 5.73 Å². The summed E-state index contributed by atoms with van der Waals surface area (Å²) in [4.78, 5) is 13.8. The average molecular weight is 276 g/mol. The van der Waals surface area contributed by atoms with Crippen molar-refractivity contribution in [2.75, 3.05) is 19.3 Å². The molecule has 1 saturated carbocycles. The second kappa shape index (κ2) is 6.27. The quantitative estimate of drug-likeness (QED) is 0.808. The number of aliphatic hydroxyl groups is 1. The summed E-state index contributed by atoms with van der Waals surface area (Å²) < 4.78 is 0. The van der Waals surface area contributed by atoms with E-state index in [2.05, 4.69) is 0 Å². The van der Waals surface area contributed by atoms with Gasteiger partial charge in [-0.05, 0) is 37.0 Å². The van der Waals surface area contributed by atoms with Crippen LogP contribution in [0.2, 0.25) is 0 Å². The highest BCUT2D eigenvalue weighted by atomic mass is 16.3. The van der Waals surface area contributed by atoms with Crippen LogP contribution in [0.3, 0.4) is 0 Å². The molecule has 1 aromatic rings. The molecule has 0 heterocycles. The minimum absolute atomic E-state index is 0.0853. The lowest BCUT2D eigenvalue weighted by Gasteiger charge is -2.28. The minimum Gasteiger partial charge on any atom is -0.399 e. The summed E-state index contributed by atoms with van der Waals surface area (Å²) in [7, 11) is 1.78. The maximum Gasteiger partial charge on any atom is 0.222 e. The minimum atomic E-state index is -0.661. The molecule has 2 rings (SSSR count). The van der Waals surface area contributed by atoms with Crippen LogP contribution >= 0.6 is 0 Å². The Morgan fingerprint density at radius 2 is 1.90 bits per heavy atom. The summed E-state index contributed by atoms with van der Waals surface area (Å²) in [6.45, 7) is 0.452. The van der Waals surface area contributed by atoms with Gasteiger partial charge in [0.2, 0.25) is 5.91 Å². The molecule has 20 heavy (non-hydrogen) atoms. The number of nitrogens with zero attached hydrogens (tertiary/aromatic N) is 1. The Balaban J connectivity index is 1.80. The van der Waals surface area contributed by atoms with E-state index < -0.39 is 5.60 Å². The van der Waals surface area contributed by atoms with E-state index in [1.54, 1.807) is 11.9 Å². The van der Waals surface area contributed by atoms with E-state index >= 15 is 0 Å². The van der Waals surface area contributed by atoms with Gasteiger partial charge < -0.3 is 15.7 Å². The van der Waals surface area contributed by atoms with Crippen molar-refractivity contribution in [3.63, 3.8) is 0 Å². The maximum absolute atomic E-state index is 12.1. The van der Waals surface area contributed by atoms with E-state index in [9.17, 15) is 9.90 Å². The number of benzene rings is 1. The topological polar surface area (TPSA) is 66.6 Å². The fourth-order valence-corrected chi connectivity index (χ4v) is 2.85. The van der Waals surface area contributed by atoms with E-state index in [-0.39, 0.29) is 5.91 Å². The highest BCUT2D eigenvalue weighted by Crippen LogP contribution is 2.30. The predicted molar refractivity (Wildman–Crippen MR) is 80.2 cm³/mol. The van der Waals surface area contributed by atoms with Crippen molar-refractivity contribution in [1.82, 2.24) is 4.90 Å². The standard InChI is InChI=1S/C16H24N2O2/c1-18(12-16(20)10-2-3-11-16)15(19)9-6-13-4-7-14(17)8-5-13/h4-5,7-8,20H,2-3,6,9-12,17H2,1H3. The molecule has 1 fully saturated rings. The third-order valence-corrected chi connectivity index (χ3v) is 4.10. The molecular weight excluding hydrogens is 252 g/mol. The summed E-state index contributed by atoms with van der Waals surface area (Å²) in [5.41, 5.74) is 6.82. The van der Waals surface area contributed by atoms with E-state index in [0.29, 0.717) is 19.4 Å². The fraction of sp³-hybridized carbons (Fsp3) is 0.562. The van der Waals surface area contributed by atoms with Crippen LogP contribution in [0.15, 0.2) is 24.3 Å². The van der Waals surface area contributed by atoms with Crippen LogP contribution < -0.4 is 5.73 Å². The molecular formula is C16H24N2O2. The molecule has 0 aromatic heterocycles. The molecule has 0 radical (unpaired) electrons. The number of amides is 1. The zero-order valence-corrected chi connectivity index (χ0v) is 12.1. The zero-order valence-electron chi connectivity index (χ0n) is 12.1. The molecule has 1 aliphatic carbocycles. The Labute approximate surface area is 120 Å². The number of anilines is 1. The second-order valence-corrected chi connectivity index (χ2v) is 5.92. The summed E-state index contributed by atoms with van der Waals surface area (Å²) in [6, 6.07) is 7.61. The highest BCUT2D eigenvalue weighted by Gasteiger charge is 2.33. The van der Waals surface area contributed by atoms with Gasteiger partial charge >= 0.3 is 0 Å². The number of likely N-dealkylation sites (N-methyl/N-ethyl adjacent to an activating group) is 1. The molecule has 0 unspecified atom stereocenters. The lowest BCUT2D eigenvalue weighted by molar-refractivity contribution is -0.133. The van der Waals surface area contributed by atoms with Crippen molar-refractivity contribution < 1.29 is 9.90 Å². The van der Waals surface area contributed by atoms with Crippen molar-refractivity contribution in [2.24, 2.45) is 0 Å². The van der Waals surface area contributed by atoms with Crippen LogP contribution in [0, 0.1) is 0 Å². The molecule has 1 aromatic carbocycles. The number of aryl methyl sites for hydroxylation is 1. The lowest BCUT2D eigenvalue weighted by Crippen LogP contribution is -2.42. The predicted octanol–water partition coefficient (Wildman–Crippen LogP) is 1.96. The lowest BCUT2D eigenvalue weighted by atomic mass is 10.0. The molecule has 0 bridgehead atoms. The van der Waals surface area contributed by atoms with Crippen LogP contribution in [0.1, 0.15) is 37.7 Å². The van der Waals surface area contributed by atoms with Crippen molar-refractivity contribution in [3.8, 4) is 0 Å². The molecule has 0 spiro atoms. The summed E-state index contributed by atoms with van der Waals surface area (Å²) >= 11 is 0. The van der Waals surface area contributed by atoms with Crippen molar-refractivity contribution in [2.45, 2.75) is 44.1 Å². The van der Waals surface area contributed by atoms with Gasteiger partial charge in [0.05, 0.1) is 5.60 Å². The Kier molecular flexibility index (Phi) is 4.65. The Morgan fingerprint density at radius 3 is 2.50 bits per heavy atom. The van der Waals surface area contributed by atoms with Gasteiger partial charge in [0, 0.05) is 25.7 Å². The third kappa shape index (κ3) is 3.97. The monoisotopic (exact) mass is 276 g/mol. The highest BCUT2D eigenvalue weighted by molar-refractivity contribution is 5.76. The number of nitrogen functional groups attached to an aromatic ring is 1. The number of rotatable bonds is 5. The van der Waals surface area contributed by atoms with Gasteiger partial charge in [-0.1, -0.05) is 25.0 Å². The molecule has 1 amide bonds. The van der Waals surface area contributed by atoms with E-state index in [1.165, 1.54) is 0 Å².